The fraction of sp³-hybridized carbons (Fsp3) is 0.750. The summed E-state index contributed by atoms with van der Waals surface area (Å²) in [6.07, 6.45) is 2.95. The Kier molecular flexibility index (Phi) is 5.61. The summed E-state index contributed by atoms with van der Waals surface area (Å²) in [5.74, 6) is 5.59. The molecular weight excluding hydrogens is 216 g/mol. The van der Waals surface area contributed by atoms with Crippen molar-refractivity contribution in [2.75, 3.05) is 13.7 Å². The number of nitrogens with one attached hydrogen (secondary N) is 1. The van der Waals surface area contributed by atoms with Crippen molar-refractivity contribution >= 4 is 0 Å². The number of hydrogen-bond donors (Lipinski definition) is 2. The average Bonchev–Trinajstić information content (AvgIpc) is 2.54. The molecule has 0 bridgehead atoms. The molecule has 5 nitrogen and oxygen atoms in total. The number of hydrogen-bond acceptors (Lipinski definition) is 4. The van der Waals surface area contributed by atoms with Crippen LogP contribution in [0.25, 0.3) is 0 Å². The maximum atomic E-state index is 5.59. The molecule has 0 saturated heterocycles. The molecule has 0 aromatic carbocycles. The van der Waals surface area contributed by atoms with Gasteiger partial charge < -0.3 is 4.74 Å². The van der Waals surface area contributed by atoms with Crippen molar-refractivity contribution in [3.05, 3.63) is 17.0 Å². The molecule has 5 heteroatoms. The van der Waals surface area contributed by atoms with Crippen molar-refractivity contribution < 1.29 is 4.74 Å². The quantitative estimate of drug-likeness (QED) is 0.421. The molecule has 98 valence electrons. The number of methoxy groups -OCH3 is 1. The van der Waals surface area contributed by atoms with Crippen molar-refractivity contribution in [1.29, 1.82) is 0 Å². The third kappa shape index (κ3) is 3.80. The van der Waals surface area contributed by atoms with E-state index < -0.39 is 0 Å². The van der Waals surface area contributed by atoms with Gasteiger partial charge in [0.1, 0.15) is 0 Å². The molecule has 1 atom stereocenters. The van der Waals surface area contributed by atoms with Gasteiger partial charge in [0, 0.05) is 32.5 Å². The molecule has 1 heterocycles. The highest BCUT2D eigenvalue weighted by atomic mass is 16.5. The second-order valence-corrected chi connectivity index (χ2v) is 4.48. The summed E-state index contributed by atoms with van der Waals surface area (Å²) in [5.41, 5.74) is 6.49. The maximum absolute atomic E-state index is 5.59. The summed E-state index contributed by atoms with van der Waals surface area (Å²) in [6, 6.07) is 0.284. The van der Waals surface area contributed by atoms with E-state index >= 15 is 0 Å². The lowest BCUT2D eigenvalue weighted by Gasteiger charge is -2.15. The van der Waals surface area contributed by atoms with Gasteiger partial charge in [-0.15, -0.1) is 0 Å². The van der Waals surface area contributed by atoms with Crippen LogP contribution in [0.15, 0.2) is 0 Å². The first-order valence-corrected chi connectivity index (χ1v) is 6.04. The monoisotopic (exact) mass is 240 g/mol. The van der Waals surface area contributed by atoms with Crippen LogP contribution in [-0.4, -0.2) is 29.5 Å². The van der Waals surface area contributed by atoms with Gasteiger partial charge in [-0.3, -0.25) is 16.0 Å². The predicted octanol–water partition coefficient (Wildman–Crippen LogP) is 0.838. The highest BCUT2D eigenvalue weighted by Crippen LogP contribution is 2.15. The number of hydrazine groups is 1. The zero-order valence-corrected chi connectivity index (χ0v) is 11.3. The van der Waals surface area contributed by atoms with Crippen LogP contribution in [0.5, 0.6) is 0 Å². The van der Waals surface area contributed by atoms with E-state index in [1.807, 2.05) is 18.7 Å². The molecule has 1 rings (SSSR count). The van der Waals surface area contributed by atoms with Crippen molar-refractivity contribution in [1.82, 2.24) is 15.2 Å². The minimum absolute atomic E-state index is 0.284. The largest absolute Gasteiger partial charge is 0.385 e. The van der Waals surface area contributed by atoms with E-state index in [2.05, 4.69) is 17.4 Å². The lowest BCUT2D eigenvalue weighted by molar-refractivity contribution is 0.188. The molecule has 0 aliphatic heterocycles. The number of ether oxygens (including phenoxy) is 1. The Balaban J connectivity index is 2.60. The molecule has 1 aromatic heterocycles. The van der Waals surface area contributed by atoms with Crippen LogP contribution in [0.4, 0.5) is 0 Å². The molecule has 0 saturated carbocycles. The first-order chi connectivity index (χ1) is 8.10. The SMILES string of the molecule is COCCCC(Cc1c(C)nn(C)c1C)NN. The van der Waals surface area contributed by atoms with Gasteiger partial charge in [-0.2, -0.15) is 5.10 Å². The summed E-state index contributed by atoms with van der Waals surface area (Å²) in [6.45, 7) is 4.92. The van der Waals surface area contributed by atoms with E-state index in [4.69, 9.17) is 10.6 Å². The Morgan fingerprint density at radius 2 is 2.18 bits per heavy atom. The molecule has 0 amide bonds. The molecule has 0 spiro atoms. The minimum Gasteiger partial charge on any atom is -0.385 e. The van der Waals surface area contributed by atoms with E-state index in [1.54, 1.807) is 7.11 Å². The highest BCUT2D eigenvalue weighted by molar-refractivity contribution is 5.25. The summed E-state index contributed by atoms with van der Waals surface area (Å²) in [5, 5.41) is 4.42. The molecule has 1 unspecified atom stereocenters. The third-order valence-electron chi connectivity index (χ3n) is 3.25. The molecule has 17 heavy (non-hydrogen) atoms. The molecular formula is C12H24N4O. The summed E-state index contributed by atoms with van der Waals surface area (Å²) in [4.78, 5) is 0. The molecule has 0 radical (unpaired) electrons. The number of aryl methyl sites for hydroxylation is 2. The highest BCUT2D eigenvalue weighted by Gasteiger charge is 2.14. The van der Waals surface area contributed by atoms with Gasteiger partial charge in [0.2, 0.25) is 0 Å². The standard InChI is InChI=1S/C12H24N4O/c1-9-12(10(2)16(3)15-9)8-11(14-13)6-5-7-17-4/h11,14H,5-8,13H2,1-4H3. The fourth-order valence-corrected chi connectivity index (χ4v) is 2.08. The number of aromatic nitrogens is 2. The molecule has 3 N–H and O–H groups in total. The van der Waals surface area contributed by atoms with Gasteiger partial charge in [-0.1, -0.05) is 0 Å². The number of nitrogens with two attached hydrogens (primary N) is 1. The Morgan fingerprint density at radius 3 is 2.65 bits per heavy atom. The van der Waals surface area contributed by atoms with Crippen LogP contribution in [0, 0.1) is 13.8 Å². The lowest BCUT2D eigenvalue weighted by Crippen LogP contribution is -2.37. The van der Waals surface area contributed by atoms with Crippen LogP contribution in [-0.2, 0) is 18.2 Å². The Bertz CT molecular complexity index is 349. The molecule has 0 aliphatic rings. The zero-order chi connectivity index (χ0) is 12.8. The Labute approximate surface area is 103 Å². The normalized spacial score (nSPS) is 13.0. The molecule has 0 fully saturated rings. The van der Waals surface area contributed by atoms with Crippen LogP contribution in [0.3, 0.4) is 0 Å². The fourth-order valence-electron chi connectivity index (χ4n) is 2.08. The number of nitrogens with zero attached hydrogens (tertiary/aromatic N) is 2. The smallest absolute Gasteiger partial charge is 0.0628 e. The first-order valence-electron chi connectivity index (χ1n) is 6.04. The van der Waals surface area contributed by atoms with Gasteiger partial charge >= 0.3 is 0 Å². The van der Waals surface area contributed by atoms with Gasteiger partial charge in [-0.05, 0) is 38.7 Å². The third-order valence-corrected chi connectivity index (χ3v) is 3.25. The second-order valence-electron chi connectivity index (χ2n) is 4.48. The van der Waals surface area contributed by atoms with Gasteiger partial charge in [0.15, 0.2) is 0 Å². The van der Waals surface area contributed by atoms with Crippen molar-refractivity contribution in [3.63, 3.8) is 0 Å². The van der Waals surface area contributed by atoms with E-state index in [9.17, 15) is 0 Å². The zero-order valence-electron chi connectivity index (χ0n) is 11.3. The molecule has 1 aromatic rings. The van der Waals surface area contributed by atoms with Crippen LogP contribution in [0.2, 0.25) is 0 Å². The topological polar surface area (TPSA) is 65.1 Å². The Morgan fingerprint density at radius 1 is 1.47 bits per heavy atom. The minimum atomic E-state index is 0.284. The van der Waals surface area contributed by atoms with Crippen molar-refractivity contribution in [2.45, 2.75) is 39.2 Å². The van der Waals surface area contributed by atoms with E-state index in [1.165, 1.54) is 11.3 Å². The summed E-state index contributed by atoms with van der Waals surface area (Å²) < 4.78 is 6.98. The van der Waals surface area contributed by atoms with Crippen LogP contribution >= 0.6 is 0 Å². The van der Waals surface area contributed by atoms with E-state index in [-0.39, 0.29) is 6.04 Å². The van der Waals surface area contributed by atoms with E-state index in [0.717, 1.165) is 31.6 Å². The molecule has 0 aliphatic carbocycles. The number of rotatable bonds is 7. The second kappa shape index (κ2) is 6.74. The predicted molar refractivity (Wildman–Crippen MR) is 68.6 cm³/mol. The maximum Gasteiger partial charge on any atom is 0.0628 e. The Hall–Kier alpha value is -0.910. The van der Waals surface area contributed by atoms with Crippen LogP contribution in [0.1, 0.15) is 29.8 Å². The summed E-state index contributed by atoms with van der Waals surface area (Å²) >= 11 is 0. The van der Waals surface area contributed by atoms with Gasteiger partial charge in [0.25, 0.3) is 0 Å². The van der Waals surface area contributed by atoms with Gasteiger partial charge in [-0.25, -0.2) is 0 Å². The van der Waals surface area contributed by atoms with Crippen LogP contribution < -0.4 is 11.3 Å². The van der Waals surface area contributed by atoms with Crippen molar-refractivity contribution in [2.24, 2.45) is 12.9 Å². The van der Waals surface area contributed by atoms with Crippen molar-refractivity contribution in [3.8, 4) is 0 Å². The average molecular weight is 240 g/mol. The van der Waals surface area contributed by atoms with E-state index in [0.29, 0.717) is 0 Å². The first kappa shape index (κ1) is 14.2. The van der Waals surface area contributed by atoms with Gasteiger partial charge in [0.05, 0.1) is 5.69 Å². The lowest BCUT2D eigenvalue weighted by atomic mass is 10.0. The summed E-state index contributed by atoms with van der Waals surface area (Å²) in [7, 11) is 3.70.